The van der Waals surface area contributed by atoms with Gasteiger partial charge in [-0.2, -0.15) is 0 Å². The molecule has 3 rings (SSSR count). The summed E-state index contributed by atoms with van der Waals surface area (Å²) >= 11 is 0. The first-order valence-corrected chi connectivity index (χ1v) is 8.07. The summed E-state index contributed by atoms with van der Waals surface area (Å²) in [6, 6.07) is 15.0. The van der Waals surface area contributed by atoms with E-state index in [0.717, 1.165) is 5.56 Å². The fourth-order valence-corrected chi connectivity index (χ4v) is 2.88. The van der Waals surface area contributed by atoms with E-state index in [1.807, 2.05) is 30.3 Å². The number of carbonyl (C=O) groups excluding carboxylic acids is 1. The van der Waals surface area contributed by atoms with Crippen LogP contribution in [0.4, 0.5) is 11.4 Å². The van der Waals surface area contributed by atoms with Crippen LogP contribution in [-0.2, 0) is 9.53 Å². The van der Waals surface area contributed by atoms with Gasteiger partial charge in [-0.3, -0.25) is 19.8 Å². The quantitative estimate of drug-likeness (QED) is 0.667. The van der Waals surface area contributed by atoms with E-state index in [9.17, 15) is 14.9 Å². The van der Waals surface area contributed by atoms with Crippen LogP contribution < -0.4 is 5.32 Å². The van der Waals surface area contributed by atoms with Crippen LogP contribution in [0.25, 0.3) is 0 Å². The number of morpholine rings is 1. The van der Waals surface area contributed by atoms with E-state index in [2.05, 4.69) is 10.2 Å². The number of carbonyl (C=O) groups is 1. The van der Waals surface area contributed by atoms with Gasteiger partial charge in [-0.15, -0.1) is 0 Å². The van der Waals surface area contributed by atoms with E-state index in [4.69, 9.17) is 4.74 Å². The maximum Gasteiger partial charge on any atom is 0.269 e. The van der Waals surface area contributed by atoms with Crippen LogP contribution in [0, 0.1) is 10.1 Å². The van der Waals surface area contributed by atoms with Crippen LogP contribution in [0.2, 0.25) is 0 Å². The largest absolute Gasteiger partial charge is 0.379 e. The molecule has 0 aromatic heterocycles. The topological polar surface area (TPSA) is 84.7 Å². The van der Waals surface area contributed by atoms with Crippen molar-refractivity contribution >= 4 is 17.3 Å². The van der Waals surface area contributed by atoms with Crippen molar-refractivity contribution in [2.45, 2.75) is 6.04 Å². The summed E-state index contributed by atoms with van der Waals surface area (Å²) in [4.78, 5) is 25.3. The minimum atomic E-state index is -0.466. The van der Waals surface area contributed by atoms with Gasteiger partial charge in [-0.25, -0.2) is 0 Å². The maximum absolute atomic E-state index is 12.9. The Morgan fingerprint density at radius 2 is 1.72 bits per heavy atom. The summed E-state index contributed by atoms with van der Waals surface area (Å²) in [5.41, 5.74) is 1.43. The average molecular weight is 341 g/mol. The molecule has 0 spiro atoms. The number of nitrogens with one attached hydrogen (secondary N) is 1. The Morgan fingerprint density at radius 3 is 2.32 bits per heavy atom. The van der Waals surface area contributed by atoms with Gasteiger partial charge in [-0.05, 0) is 17.7 Å². The third-order valence-corrected chi connectivity index (χ3v) is 4.12. The number of hydrogen-bond donors (Lipinski definition) is 1. The minimum absolute atomic E-state index is 0.00853. The lowest BCUT2D eigenvalue weighted by Gasteiger charge is -2.33. The highest BCUT2D eigenvalue weighted by Gasteiger charge is 2.29. The number of benzene rings is 2. The van der Waals surface area contributed by atoms with Crippen LogP contribution in [0.1, 0.15) is 11.6 Å². The Balaban J connectivity index is 1.80. The number of nitro benzene ring substituents is 1. The minimum Gasteiger partial charge on any atom is -0.379 e. The lowest BCUT2D eigenvalue weighted by molar-refractivity contribution is -0.384. The summed E-state index contributed by atoms with van der Waals surface area (Å²) in [5, 5.41) is 13.6. The Labute approximate surface area is 145 Å². The molecule has 2 aromatic rings. The molecule has 1 saturated heterocycles. The maximum atomic E-state index is 12.9. The fourth-order valence-electron chi connectivity index (χ4n) is 2.88. The average Bonchev–Trinajstić information content (AvgIpc) is 2.64. The number of nitro groups is 1. The van der Waals surface area contributed by atoms with E-state index in [-0.39, 0.29) is 11.6 Å². The predicted molar refractivity (Wildman–Crippen MR) is 93.3 cm³/mol. The Bertz CT molecular complexity index is 728. The summed E-state index contributed by atoms with van der Waals surface area (Å²) in [7, 11) is 0. The summed E-state index contributed by atoms with van der Waals surface area (Å²) < 4.78 is 5.38. The molecule has 1 heterocycles. The zero-order chi connectivity index (χ0) is 17.6. The number of amides is 1. The molecule has 0 bridgehead atoms. The van der Waals surface area contributed by atoms with Gasteiger partial charge >= 0.3 is 0 Å². The summed E-state index contributed by atoms with van der Waals surface area (Å²) in [5.74, 6) is -0.165. The van der Waals surface area contributed by atoms with Crippen molar-refractivity contribution in [1.82, 2.24) is 4.90 Å². The second kappa shape index (κ2) is 7.87. The normalized spacial score (nSPS) is 16.2. The standard InChI is InChI=1S/C18H19N3O4/c22-18(19-15-6-8-16(9-7-15)21(23)24)17(14-4-2-1-3-5-14)20-10-12-25-13-11-20/h1-9,17H,10-13H2,(H,19,22). The van der Waals surface area contributed by atoms with Gasteiger partial charge in [0, 0.05) is 30.9 Å². The zero-order valence-corrected chi connectivity index (χ0v) is 13.6. The molecule has 1 fully saturated rings. The highest BCUT2D eigenvalue weighted by atomic mass is 16.6. The molecule has 1 aliphatic rings. The summed E-state index contributed by atoms with van der Waals surface area (Å²) in [6.07, 6.45) is 0. The SMILES string of the molecule is O=C(Nc1ccc([N+](=O)[O-])cc1)C(c1ccccc1)N1CCOCC1. The number of nitrogens with zero attached hydrogens (tertiary/aromatic N) is 2. The lowest BCUT2D eigenvalue weighted by Crippen LogP contribution is -2.43. The van der Waals surface area contributed by atoms with Crippen molar-refractivity contribution in [2.75, 3.05) is 31.6 Å². The van der Waals surface area contributed by atoms with Crippen LogP contribution in [0.5, 0.6) is 0 Å². The monoisotopic (exact) mass is 341 g/mol. The second-order valence-corrected chi connectivity index (χ2v) is 5.75. The van der Waals surface area contributed by atoms with E-state index < -0.39 is 11.0 Å². The number of hydrogen-bond acceptors (Lipinski definition) is 5. The molecular formula is C18H19N3O4. The van der Waals surface area contributed by atoms with E-state index in [1.165, 1.54) is 24.3 Å². The van der Waals surface area contributed by atoms with Crippen LogP contribution in [0.15, 0.2) is 54.6 Å². The molecule has 1 aliphatic heterocycles. The van der Waals surface area contributed by atoms with E-state index >= 15 is 0 Å². The van der Waals surface area contributed by atoms with Crippen molar-refractivity contribution in [1.29, 1.82) is 0 Å². The van der Waals surface area contributed by atoms with E-state index in [1.54, 1.807) is 0 Å². The number of non-ortho nitro benzene ring substituents is 1. The van der Waals surface area contributed by atoms with Crippen LogP contribution in [-0.4, -0.2) is 42.0 Å². The highest BCUT2D eigenvalue weighted by molar-refractivity contribution is 5.95. The van der Waals surface area contributed by atoms with Crippen molar-refractivity contribution in [3.8, 4) is 0 Å². The third kappa shape index (κ3) is 4.20. The smallest absolute Gasteiger partial charge is 0.269 e. The third-order valence-electron chi connectivity index (χ3n) is 4.12. The first kappa shape index (κ1) is 17.1. The van der Waals surface area contributed by atoms with Gasteiger partial charge in [0.1, 0.15) is 6.04 Å². The first-order chi connectivity index (χ1) is 12.1. The Kier molecular flexibility index (Phi) is 5.37. The zero-order valence-electron chi connectivity index (χ0n) is 13.6. The second-order valence-electron chi connectivity index (χ2n) is 5.75. The van der Waals surface area contributed by atoms with Gasteiger partial charge in [0.15, 0.2) is 0 Å². The Morgan fingerprint density at radius 1 is 1.08 bits per heavy atom. The molecule has 1 N–H and O–H groups in total. The van der Waals surface area contributed by atoms with Crippen molar-refractivity contribution in [2.24, 2.45) is 0 Å². The molecule has 130 valence electrons. The number of ether oxygens (including phenoxy) is 1. The molecule has 7 heteroatoms. The molecule has 0 radical (unpaired) electrons. The van der Waals surface area contributed by atoms with Crippen LogP contribution >= 0.6 is 0 Å². The van der Waals surface area contributed by atoms with Crippen molar-refractivity contribution in [3.63, 3.8) is 0 Å². The first-order valence-electron chi connectivity index (χ1n) is 8.07. The van der Waals surface area contributed by atoms with Gasteiger partial charge < -0.3 is 10.1 Å². The van der Waals surface area contributed by atoms with Crippen molar-refractivity contribution in [3.05, 3.63) is 70.3 Å². The fraction of sp³-hybridized carbons (Fsp3) is 0.278. The molecular weight excluding hydrogens is 322 g/mol. The molecule has 0 saturated carbocycles. The predicted octanol–water partition coefficient (Wildman–Crippen LogP) is 2.61. The van der Waals surface area contributed by atoms with Gasteiger partial charge in [0.05, 0.1) is 18.1 Å². The molecule has 7 nitrogen and oxygen atoms in total. The van der Waals surface area contributed by atoms with Gasteiger partial charge in [0.2, 0.25) is 5.91 Å². The highest BCUT2D eigenvalue weighted by Crippen LogP contribution is 2.24. The molecule has 1 amide bonds. The number of anilines is 1. The number of rotatable bonds is 5. The van der Waals surface area contributed by atoms with Gasteiger partial charge in [0.25, 0.3) is 5.69 Å². The molecule has 2 aromatic carbocycles. The molecule has 1 atom stereocenters. The Hall–Kier alpha value is -2.77. The van der Waals surface area contributed by atoms with Gasteiger partial charge in [-0.1, -0.05) is 30.3 Å². The van der Waals surface area contributed by atoms with E-state index in [0.29, 0.717) is 32.0 Å². The lowest BCUT2D eigenvalue weighted by atomic mass is 10.0. The summed E-state index contributed by atoms with van der Waals surface area (Å²) in [6.45, 7) is 2.53. The molecule has 25 heavy (non-hydrogen) atoms. The molecule has 1 unspecified atom stereocenters. The van der Waals surface area contributed by atoms with Crippen molar-refractivity contribution < 1.29 is 14.5 Å². The molecule has 0 aliphatic carbocycles. The van der Waals surface area contributed by atoms with Crippen LogP contribution in [0.3, 0.4) is 0 Å².